The second-order valence-electron chi connectivity index (χ2n) is 4.55. The predicted molar refractivity (Wildman–Crippen MR) is 70.0 cm³/mol. The lowest BCUT2D eigenvalue weighted by molar-refractivity contribution is 0.108. The molecule has 1 unspecified atom stereocenters. The van der Waals surface area contributed by atoms with Crippen molar-refractivity contribution < 1.29 is 4.79 Å². The minimum Gasteiger partial charge on any atom is -0.338 e. The summed E-state index contributed by atoms with van der Waals surface area (Å²) in [5.74, 6) is 0. The molecule has 1 heterocycles. The maximum absolute atomic E-state index is 11.7. The van der Waals surface area contributed by atoms with Gasteiger partial charge in [0.05, 0.1) is 0 Å². The molecule has 1 fully saturated rings. The highest BCUT2D eigenvalue weighted by atomic mass is 16.2. The Balaban J connectivity index is 2.32. The number of piperazine rings is 1. The molecule has 0 bridgehead atoms. The average molecular weight is 242 g/mol. The van der Waals surface area contributed by atoms with Gasteiger partial charge in [0.1, 0.15) is 0 Å². The molecule has 0 aromatic carbocycles. The molecule has 1 aliphatic rings. The molecule has 1 rings (SSSR count). The first-order valence-electron chi connectivity index (χ1n) is 6.69. The molecule has 1 saturated heterocycles. The van der Waals surface area contributed by atoms with Crippen LogP contribution < -0.4 is 11.1 Å². The van der Waals surface area contributed by atoms with E-state index in [-0.39, 0.29) is 6.03 Å². The topological polar surface area (TPSA) is 61.6 Å². The van der Waals surface area contributed by atoms with Crippen LogP contribution in [0.2, 0.25) is 0 Å². The normalized spacial score (nSPS) is 19.1. The molecule has 0 aliphatic carbocycles. The summed E-state index contributed by atoms with van der Waals surface area (Å²) in [5.41, 5.74) is 5.74. The van der Waals surface area contributed by atoms with Crippen molar-refractivity contribution in [2.24, 2.45) is 5.73 Å². The third kappa shape index (κ3) is 4.16. The number of amides is 2. The van der Waals surface area contributed by atoms with E-state index in [1.807, 2.05) is 4.90 Å². The molecule has 17 heavy (non-hydrogen) atoms. The minimum absolute atomic E-state index is 0.0762. The lowest BCUT2D eigenvalue weighted by Crippen LogP contribution is -2.55. The van der Waals surface area contributed by atoms with Crippen LogP contribution in [0.15, 0.2) is 0 Å². The van der Waals surface area contributed by atoms with Crippen LogP contribution in [0.5, 0.6) is 0 Å². The van der Waals surface area contributed by atoms with Crippen LogP contribution in [-0.2, 0) is 0 Å². The fourth-order valence-corrected chi connectivity index (χ4v) is 2.21. The van der Waals surface area contributed by atoms with Gasteiger partial charge in [-0.25, -0.2) is 4.79 Å². The van der Waals surface area contributed by atoms with E-state index >= 15 is 0 Å². The third-order valence-electron chi connectivity index (χ3n) is 3.39. The molecular weight excluding hydrogens is 216 g/mol. The maximum atomic E-state index is 11.7. The van der Waals surface area contributed by atoms with E-state index in [1.54, 1.807) is 0 Å². The third-order valence-corrected chi connectivity index (χ3v) is 3.39. The van der Waals surface area contributed by atoms with Crippen molar-refractivity contribution in [2.75, 3.05) is 39.3 Å². The second-order valence-corrected chi connectivity index (χ2v) is 4.55. The summed E-state index contributed by atoms with van der Waals surface area (Å²) >= 11 is 0. The summed E-state index contributed by atoms with van der Waals surface area (Å²) in [4.78, 5) is 16.0. The van der Waals surface area contributed by atoms with E-state index in [0.717, 1.165) is 45.6 Å². The SMILES string of the molecule is CCCNC(=O)N1CCN(C(CC)CN)CC1. The van der Waals surface area contributed by atoms with Crippen LogP contribution in [0, 0.1) is 0 Å². The van der Waals surface area contributed by atoms with Crippen LogP contribution in [0.3, 0.4) is 0 Å². The molecule has 1 aliphatic heterocycles. The first kappa shape index (κ1) is 14.3. The number of carbonyl (C=O) groups is 1. The zero-order valence-electron chi connectivity index (χ0n) is 11.1. The molecule has 0 spiro atoms. The number of hydrogen-bond acceptors (Lipinski definition) is 3. The molecule has 1 atom stereocenters. The van der Waals surface area contributed by atoms with Crippen molar-refractivity contribution in [1.82, 2.24) is 15.1 Å². The highest BCUT2D eigenvalue weighted by molar-refractivity contribution is 5.74. The van der Waals surface area contributed by atoms with Crippen LogP contribution in [0.1, 0.15) is 26.7 Å². The summed E-state index contributed by atoms with van der Waals surface area (Å²) in [6.07, 6.45) is 2.06. The van der Waals surface area contributed by atoms with Gasteiger partial charge in [0.15, 0.2) is 0 Å². The quantitative estimate of drug-likeness (QED) is 0.736. The van der Waals surface area contributed by atoms with Crippen LogP contribution in [0.4, 0.5) is 4.79 Å². The molecule has 0 radical (unpaired) electrons. The van der Waals surface area contributed by atoms with Crippen molar-refractivity contribution >= 4 is 6.03 Å². The lowest BCUT2D eigenvalue weighted by Gasteiger charge is -2.38. The van der Waals surface area contributed by atoms with Gasteiger partial charge in [-0.1, -0.05) is 13.8 Å². The fourth-order valence-electron chi connectivity index (χ4n) is 2.21. The molecule has 2 amide bonds. The smallest absolute Gasteiger partial charge is 0.317 e. The van der Waals surface area contributed by atoms with E-state index in [9.17, 15) is 4.79 Å². The second kappa shape index (κ2) is 7.50. The van der Waals surface area contributed by atoms with Gasteiger partial charge in [-0.2, -0.15) is 0 Å². The standard InChI is InChI=1S/C12H26N4O/c1-3-5-14-12(17)16-8-6-15(7-9-16)11(4-2)10-13/h11H,3-10,13H2,1-2H3,(H,14,17). The first-order chi connectivity index (χ1) is 8.22. The fraction of sp³-hybridized carbons (Fsp3) is 0.917. The van der Waals surface area contributed by atoms with Crippen molar-refractivity contribution in [3.63, 3.8) is 0 Å². The van der Waals surface area contributed by atoms with Gasteiger partial charge in [-0.3, -0.25) is 4.90 Å². The van der Waals surface area contributed by atoms with Crippen LogP contribution in [0.25, 0.3) is 0 Å². The molecule has 100 valence electrons. The Bertz CT molecular complexity index is 223. The number of carbonyl (C=O) groups excluding carboxylic acids is 1. The number of urea groups is 1. The van der Waals surface area contributed by atoms with Gasteiger partial charge < -0.3 is 16.0 Å². The zero-order chi connectivity index (χ0) is 12.7. The average Bonchev–Trinajstić information content (AvgIpc) is 2.38. The van der Waals surface area contributed by atoms with Crippen molar-refractivity contribution in [2.45, 2.75) is 32.7 Å². The van der Waals surface area contributed by atoms with Crippen molar-refractivity contribution in [3.8, 4) is 0 Å². The van der Waals surface area contributed by atoms with E-state index < -0.39 is 0 Å². The zero-order valence-corrected chi connectivity index (χ0v) is 11.1. The Labute approximate surface area is 104 Å². The summed E-state index contributed by atoms with van der Waals surface area (Å²) in [5, 5.41) is 2.92. The largest absolute Gasteiger partial charge is 0.338 e. The monoisotopic (exact) mass is 242 g/mol. The number of rotatable bonds is 5. The van der Waals surface area contributed by atoms with Gasteiger partial charge in [-0.05, 0) is 12.8 Å². The van der Waals surface area contributed by atoms with E-state index in [2.05, 4.69) is 24.1 Å². The Morgan fingerprint density at radius 3 is 2.41 bits per heavy atom. The number of nitrogens with one attached hydrogen (secondary N) is 1. The summed E-state index contributed by atoms with van der Waals surface area (Å²) in [7, 11) is 0. The molecule has 3 N–H and O–H groups in total. The van der Waals surface area contributed by atoms with E-state index in [1.165, 1.54) is 0 Å². The molecule has 5 nitrogen and oxygen atoms in total. The summed E-state index contributed by atoms with van der Waals surface area (Å²) < 4.78 is 0. The number of nitrogens with zero attached hydrogens (tertiary/aromatic N) is 2. The van der Waals surface area contributed by atoms with Gasteiger partial charge in [0.25, 0.3) is 0 Å². The number of nitrogens with two attached hydrogens (primary N) is 1. The van der Waals surface area contributed by atoms with Gasteiger partial charge >= 0.3 is 6.03 Å². The maximum Gasteiger partial charge on any atom is 0.317 e. The Hall–Kier alpha value is -0.810. The molecule has 0 aromatic heterocycles. The van der Waals surface area contributed by atoms with E-state index in [0.29, 0.717) is 12.6 Å². The van der Waals surface area contributed by atoms with Crippen molar-refractivity contribution in [1.29, 1.82) is 0 Å². The van der Waals surface area contributed by atoms with E-state index in [4.69, 9.17) is 5.73 Å². The lowest BCUT2D eigenvalue weighted by atomic mass is 10.1. The Morgan fingerprint density at radius 1 is 1.29 bits per heavy atom. The van der Waals surface area contributed by atoms with Crippen LogP contribution in [-0.4, -0.2) is 61.1 Å². The van der Waals surface area contributed by atoms with Crippen molar-refractivity contribution in [3.05, 3.63) is 0 Å². The van der Waals surface area contributed by atoms with Gasteiger partial charge in [0.2, 0.25) is 0 Å². The Kier molecular flexibility index (Phi) is 6.29. The molecule has 5 heteroatoms. The molecule has 0 aromatic rings. The predicted octanol–water partition coefficient (Wildman–Crippen LogP) is 0.461. The molecule has 0 saturated carbocycles. The summed E-state index contributed by atoms with van der Waals surface area (Å²) in [6.45, 7) is 9.20. The highest BCUT2D eigenvalue weighted by Crippen LogP contribution is 2.08. The van der Waals surface area contributed by atoms with Crippen LogP contribution >= 0.6 is 0 Å². The summed E-state index contributed by atoms with van der Waals surface area (Å²) in [6, 6.07) is 0.545. The Morgan fingerprint density at radius 2 is 1.94 bits per heavy atom. The molecular formula is C12H26N4O. The van der Waals surface area contributed by atoms with Gasteiger partial charge in [0, 0.05) is 45.3 Å². The highest BCUT2D eigenvalue weighted by Gasteiger charge is 2.24. The van der Waals surface area contributed by atoms with Gasteiger partial charge in [-0.15, -0.1) is 0 Å². The minimum atomic E-state index is 0.0762. The first-order valence-corrected chi connectivity index (χ1v) is 6.69. The number of hydrogen-bond donors (Lipinski definition) is 2.